The molecule has 160 valence electrons. The zero-order chi connectivity index (χ0) is 21.1. The van der Waals surface area contributed by atoms with Gasteiger partial charge in [-0.1, -0.05) is 44.6 Å². The molecule has 2 aromatic heterocycles. The van der Waals surface area contributed by atoms with E-state index in [1.807, 2.05) is 19.1 Å². The van der Waals surface area contributed by atoms with E-state index in [1.54, 1.807) is 6.07 Å². The van der Waals surface area contributed by atoms with Crippen LogP contribution in [0.5, 0.6) is 5.88 Å². The van der Waals surface area contributed by atoms with Crippen LogP contribution in [0.15, 0.2) is 32.8 Å². The normalized spacial score (nSPS) is 18.8. The number of hydrogen-bond donors (Lipinski definition) is 1. The lowest BCUT2D eigenvalue weighted by atomic mass is 9.94. The molecule has 2 fully saturated rings. The number of aromatic hydroxyl groups is 1. The molecule has 2 saturated carbocycles. The lowest BCUT2D eigenvalue weighted by Crippen LogP contribution is -2.45. The first kappa shape index (κ1) is 20.6. The second kappa shape index (κ2) is 8.98. The molecule has 2 aliphatic carbocycles. The van der Waals surface area contributed by atoms with E-state index in [0.29, 0.717) is 5.82 Å². The second-order valence-corrected chi connectivity index (χ2v) is 8.54. The summed E-state index contributed by atoms with van der Waals surface area (Å²) in [6.07, 6.45) is 11.0. The van der Waals surface area contributed by atoms with E-state index >= 15 is 0 Å². The fourth-order valence-electron chi connectivity index (χ4n) is 4.82. The molecule has 4 rings (SSSR count). The molecule has 2 heterocycles. The van der Waals surface area contributed by atoms with Crippen LogP contribution in [-0.2, 0) is 0 Å². The minimum absolute atomic E-state index is 0.0778. The molecule has 7 heteroatoms. The maximum Gasteiger partial charge on any atom is 0.334 e. The molecule has 30 heavy (non-hydrogen) atoms. The Kier molecular flexibility index (Phi) is 6.16. The van der Waals surface area contributed by atoms with Crippen LogP contribution < -0.4 is 11.2 Å². The van der Waals surface area contributed by atoms with Gasteiger partial charge in [0.25, 0.3) is 5.56 Å². The molecule has 0 aromatic carbocycles. The Labute approximate surface area is 176 Å². The molecule has 0 spiro atoms. The molecule has 7 nitrogen and oxygen atoms in total. The van der Waals surface area contributed by atoms with E-state index in [2.05, 4.69) is 9.98 Å². The Morgan fingerprint density at radius 1 is 0.967 bits per heavy atom. The topological polar surface area (TPSA) is 89.5 Å². The Bertz CT molecular complexity index is 1040. The number of pyridine rings is 1. The number of aromatic nitrogens is 3. The summed E-state index contributed by atoms with van der Waals surface area (Å²) in [5.41, 5.74) is 0.0738. The molecule has 0 saturated heterocycles. The van der Waals surface area contributed by atoms with Gasteiger partial charge in [0, 0.05) is 24.0 Å². The Hall–Kier alpha value is -2.70. The third kappa shape index (κ3) is 4.11. The quantitative estimate of drug-likeness (QED) is 0.766. The van der Waals surface area contributed by atoms with E-state index in [1.165, 1.54) is 15.3 Å². The molecule has 0 bridgehead atoms. The van der Waals surface area contributed by atoms with Gasteiger partial charge in [-0.25, -0.2) is 14.8 Å². The standard InChI is InChI=1S/C23H30N4O3/c1-16-9-8-14-20(25-16)24-15-19-21(28)26(17-10-4-2-5-11-17)23(30)27(22(19)29)18-12-6-3-7-13-18/h8-9,14-15,17-18,28H,2-7,10-13H2,1H3/b24-15+. The van der Waals surface area contributed by atoms with E-state index in [-0.39, 0.29) is 29.2 Å². The van der Waals surface area contributed by atoms with Gasteiger partial charge in [0.05, 0.1) is 0 Å². The van der Waals surface area contributed by atoms with Crippen LogP contribution in [0.4, 0.5) is 5.82 Å². The SMILES string of the molecule is Cc1cccc(/N=C/c2c(O)n(C3CCCCC3)c(=O)n(C3CCCCC3)c2=O)n1. The fourth-order valence-corrected chi connectivity index (χ4v) is 4.82. The number of aryl methyl sites for hydroxylation is 1. The molecule has 2 aromatic rings. The number of nitrogens with zero attached hydrogens (tertiary/aromatic N) is 4. The van der Waals surface area contributed by atoms with Gasteiger partial charge in [0.15, 0.2) is 5.82 Å². The van der Waals surface area contributed by atoms with Crippen molar-refractivity contribution in [3.8, 4) is 5.88 Å². The van der Waals surface area contributed by atoms with Crippen LogP contribution in [0, 0.1) is 6.92 Å². The van der Waals surface area contributed by atoms with Crippen molar-refractivity contribution in [1.82, 2.24) is 14.1 Å². The summed E-state index contributed by atoms with van der Waals surface area (Å²) in [5, 5.41) is 11.0. The van der Waals surface area contributed by atoms with Crippen molar-refractivity contribution in [2.24, 2.45) is 4.99 Å². The lowest BCUT2D eigenvalue weighted by molar-refractivity contribution is 0.271. The molecule has 0 atom stereocenters. The average molecular weight is 411 g/mol. The van der Waals surface area contributed by atoms with Crippen LogP contribution >= 0.6 is 0 Å². The number of aliphatic imine (C=N–C) groups is 1. The molecular weight excluding hydrogens is 380 g/mol. The average Bonchev–Trinajstić information content (AvgIpc) is 2.75. The highest BCUT2D eigenvalue weighted by Crippen LogP contribution is 2.31. The van der Waals surface area contributed by atoms with E-state index in [4.69, 9.17) is 0 Å². The summed E-state index contributed by atoms with van der Waals surface area (Å²) < 4.78 is 2.85. The summed E-state index contributed by atoms with van der Waals surface area (Å²) >= 11 is 0. The van der Waals surface area contributed by atoms with Gasteiger partial charge in [-0.2, -0.15) is 0 Å². The van der Waals surface area contributed by atoms with Crippen molar-refractivity contribution in [3.05, 3.63) is 50.3 Å². The predicted molar refractivity (Wildman–Crippen MR) is 117 cm³/mol. The highest BCUT2D eigenvalue weighted by molar-refractivity contribution is 5.83. The van der Waals surface area contributed by atoms with Crippen LogP contribution in [0.3, 0.4) is 0 Å². The maximum atomic E-state index is 13.4. The number of hydrogen-bond acceptors (Lipinski definition) is 5. The lowest BCUT2D eigenvalue weighted by Gasteiger charge is -2.29. The largest absolute Gasteiger partial charge is 0.494 e. The van der Waals surface area contributed by atoms with Gasteiger partial charge in [-0.3, -0.25) is 13.9 Å². The highest BCUT2D eigenvalue weighted by Gasteiger charge is 2.28. The van der Waals surface area contributed by atoms with Gasteiger partial charge in [0.2, 0.25) is 5.88 Å². The van der Waals surface area contributed by atoms with E-state index in [9.17, 15) is 14.7 Å². The molecule has 0 amide bonds. The molecule has 0 radical (unpaired) electrons. The first-order chi connectivity index (χ1) is 14.6. The van der Waals surface area contributed by atoms with Crippen LogP contribution in [-0.4, -0.2) is 25.4 Å². The fraction of sp³-hybridized carbons (Fsp3) is 0.565. The zero-order valence-electron chi connectivity index (χ0n) is 17.6. The first-order valence-corrected chi connectivity index (χ1v) is 11.1. The third-order valence-electron chi connectivity index (χ3n) is 6.41. The first-order valence-electron chi connectivity index (χ1n) is 11.1. The minimum Gasteiger partial charge on any atom is -0.494 e. The van der Waals surface area contributed by atoms with Crippen molar-refractivity contribution < 1.29 is 5.11 Å². The van der Waals surface area contributed by atoms with Gasteiger partial charge >= 0.3 is 5.69 Å². The van der Waals surface area contributed by atoms with Crippen LogP contribution in [0.2, 0.25) is 0 Å². The Morgan fingerprint density at radius 3 is 2.17 bits per heavy atom. The van der Waals surface area contributed by atoms with Crippen molar-refractivity contribution in [3.63, 3.8) is 0 Å². The highest BCUT2D eigenvalue weighted by atomic mass is 16.3. The zero-order valence-corrected chi connectivity index (χ0v) is 17.6. The van der Waals surface area contributed by atoms with Crippen molar-refractivity contribution in [1.29, 1.82) is 0 Å². The predicted octanol–water partition coefficient (Wildman–Crippen LogP) is 4.18. The summed E-state index contributed by atoms with van der Waals surface area (Å²) in [5.74, 6) is 0.203. The molecule has 0 aliphatic heterocycles. The third-order valence-corrected chi connectivity index (χ3v) is 6.41. The summed E-state index contributed by atoms with van der Waals surface area (Å²) in [6.45, 7) is 1.87. The summed E-state index contributed by atoms with van der Waals surface area (Å²) in [6, 6.07) is 5.27. The van der Waals surface area contributed by atoms with Crippen molar-refractivity contribution in [2.75, 3.05) is 0 Å². The summed E-state index contributed by atoms with van der Waals surface area (Å²) in [4.78, 5) is 35.4. The van der Waals surface area contributed by atoms with Crippen LogP contribution in [0.1, 0.15) is 87.5 Å². The van der Waals surface area contributed by atoms with Crippen molar-refractivity contribution in [2.45, 2.75) is 83.2 Å². The maximum absolute atomic E-state index is 13.4. The minimum atomic E-state index is -0.451. The Morgan fingerprint density at radius 2 is 1.57 bits per heavy atom. The second-order valence-electron chi connectivity index (χ2n) is 8.54. The van der Waals surface area contributed by atoms with Gasteiger partial charge < -0.3 is 5.11 Å². The molecular formula is C23H30N4O3. The number of rotatable bonds is 4. The van der Waals surface area contributed by atoms with E-state index in [0.717, 1.165) is 69.9 Å². The van der Waals surface area contributed by atoms with Crippen LogP contribution in [0.25, 0.3) is 0 Å². The van der Waals surface area contributed by atoms with E-state index < -0.39 is 5.56 Å². The summed E-state index contributed by atoms with van der Waals surface area (Å²) in [7, 11) is 0. The molecule has 2 aliphatic rings. The van der Waals surface area contributed by atoms with Gasteiger partial charge in [-0.05, 0) is 44.7 Å². The van der Waals surface area contributed by atoms with Crippen molar-refractivity contribution >= 4 is 12.0 Å². The molecule has 0 unspecified atom stereocenters. The monoisotopic (exact) mass is 410 g/mol. The molecule has 1 N–H and O–H groups in total. The van der Waals surface area contributed by atoms with Gasteiger partial charge in [0.1, 0.15) is 5.56 Å². The Balaban J connectivity index is 1.85. The van der Waals surface area contributed by atoms with Gasteiger partial charge in [-0.15, -0.1) is 0 Å². The smallest absolute Gasteiger partial charge is 0.334 e.